The Morgan fingerprint density at radius 2 is 2.17 bits per heavy atom. The summed E-state index contributed by atoms with van der Waals surface area (Å²) < 4.78 is 7.74. The van der Waals surface area contributed by atoms with Crippen LogP contribution in [-0.4, -0.2) is 11.5 Å². The van der Waals surface area contributed by atoms with Gasteiger partial charge in [0, 0.05) is 14.5 Å². The standard InChI is InChI=1S/C13H14Br2N2O/c1-2-5-16-8-13-17-7-12(18-13)10-6-9(14)3-4-11(10)15/h3-4,6-7,16H,2,5,8H2,1H3. The lowest BCUT2D eigenvalue weighted by Crippen LogP contribution is -2.13. The summed E-state index contributed by atoms with van der Waals surface area (Å²) in [7, 11) is 0. The first-order valence-electron chi connectivity index (χ1n) is 5.81. The Morgan fingerprint density at radius 1 is 1.33 bits per heavy atom. The molecule has 2 rings (SSSR count). The highest BCUT2D eigenvalue weighted by Crippen LogP contribution is 2.31. The molecule has 0 bridgehead atoms. The van der Waals surface area contributed by atoms with Crippen molar-refractivity contribution in [2.24, 2.45) is 0 Å². The molecule has 0 saturated carbocycles. The van der Waals surface area contributed by atoms with E-state index in [0.29, 0.717) is 12.4 Å². The lowest BCUT2D eigenvalue weighted by atomic mass is 10.2. The Bertz CT molecular complexity index is 525. The van der Waals surface area contributed by atoms with Gasteiger partial charge in [0.15, 0.2) is 5.76 Å². The summed E-state index contributed by atoms with van der Waals surface area (Å²) >= 11 is 6.97. The largest absolute Gasteiger partial charge is 0.439 e. The molecular weight excluding hydrogens is 360 g/mol. The number of rotatable bonds is 5. The number of aromatic nitrogens is 1. The molecule has 1 heterocycles. The predicted octanol–water partition coefficient (Wildman–Crippen LogP) is 4.37. The molecule has 0 spiro atoms. The van der Waals surface area contributed by atoms with Gasteiger partial charge in [-0.25, -0.2) is 4.98 Å². The Labute approximate surface area is 123 Å². The second-order valence-electron chi connectivity index (χ2n) is 3.92. The lowest BCUT2D eigenvalue weighted by molar-refractivity contribution is 0.477. The zero-order chi connectivity index (χ0) is 13.0. The lowest BCUT2D eigenvalue weighted by Gasteiger charge is -2.01. The van der Waals surface area contributed by atoms with Crippen molar-refractivity contribution in [3.63, 3.8) is 0 Å². The van der Waals surface area contributed by atoms with Crippen LogP contribution in [0.25, 0.3) is 11.3 Å². The highest BCUT2D eigenvalue weighted by molar-refractivity contribution is 9.11. The van der Waals surface area contributed by atoms with Crippen LogP contribution in [0.1, 0.15) is 19.2 Å². The van der Waals surface area contributed by atoms with Crippen LogP contribution in [0.15, 0.2) is 37.8 Å². The third-order valence-electron chi connectivity index (χ3n) is 2.45. The van der Waals surface area contributed by atoms with Crippen LogP contribution in [0.4, 0.5) is 0 Å². The number of nitrogens with one attached hydrogen (secondary N) is 1. The normalized spacial score (nSPS) is 10.8. The first-order chi connectivity index (χ1) is 8.70. The maximum atomic E-state index is 5.73. The van der Waals surface area contributed by atoms with Gasteiger partial charge in [0.2, 0.25) is 5.89 Å². The Kier molecular flexibility index (Phi) is 4.97. The monoisotopic (exact) mass is 372 g/mol. The van der Waals surface area contributed by atoms with Crippen molar-refractivity contribution in [3.8, 4) is 11.3 Å². The zero-order valence-electron chi connectivity index (χ0n) is 10.0. The molecule has 0 atom stereocenters. The maximum absolute atomic E-state index is 5.73. The molecule has 96 valence electrons. The molecule has 2 aromatic rings. The molecule has 0 aliphatic rings. The third kappa shape index (κ3) is 3.43. The second-order valence-corrected chi connectivity index (χ2v) is 5.69. The van der Waals surface area contributed by atoms with Crippen LogP contribution in [0, 0.1) is 0 Å². The Morgan fingerprint density at radius 3 is 2.94 bits per heavy atom. The van der Waals surface area contributed by atoms with Crippen LogP contribution in [0.2, 0.25) is 0 Å². The van der Waals surface area contributed by atoms with Crippen molar-refractivity contribution in [2.45, 2.75) is 19.9 Å². The summed E-state index contributed by atoms with van der Waals surface area (Å²) in [6, 6.07) is 5.97. The van der Waals surface area contributed by atoms with E-state index in [9.17, 15) is 0 Å². The van der Waals surface area contributed by atoms with Gasteiger partial charge in [-0.1, -0.05) is 38.8 Å². The summed E-state index contributed by atoms with van der Waals surface area (Å²) in [6.07, 6.45) is 2.86. The highest BCUT2D eigenvalue weighted by atomic mass is 79.9. The molecule has 5 heteroatoms. The van der Waals surface area contributed by atoms with E-state index in [0.717, 1.165) is 33.2 Å². The molecule has 0 saturated heterocycles. The zero-order valence-corrected chi connectivity index (χ0v) is 13.2. The van der Waals surface area contributed by atoms with Crippen LogP contribution in [0.3, 0.4) is 0 Å². The van der Waals surface area contributed by atoms with Crippen LogP contribution in [-0.2, 0) is 6.54 Å². The van der Waals surface area contributed by atoms with Gasteiger partial charge in [0.1, 0.15) is 0 Å². The first-order valence-corrected chi connectivity index (χ1v) is 7.40. The highest BCUT2D eigenvalue weighted by Gasteiger charge is 2.09. The number of oxazole rings is 1. The van der Waals surface area contributed by atoms with Gasteiger partial charge in [-0.3, -0.25) is 0 Å². The van der Waals surface area contributed by atoms with Gasteiger partial charge < -0.3 is 9.73 Å². The van der Waals surface area contributed by atoms with E-state index in [-0.39, 0.29) is 0 Å². The fourth-order valence-corrected chi connectivity index (χ4v) is 2.38. The molecule has 3 nitrogen and oxygen atoms in total. The Balaban J connectivity index is 2.16. The molecule has 1 N–H and O–H groups in total. The van der Waals surface area contributed by atoms with Crippen molar-refractivity contribution in [3.05, 3.63) is 39.2 Å². The molecule has 0 aliphatic heterocycles. The average molecular weight is 374 g/mol. The molecule has 0 radical (unpaired) electrons. The van der Waals surface area contributed by atoms with E-state index in [1.165, 1.54) is 0 Å². The molecule has 1 aromatic heterocycles. The molecule has 0 amide bonds. The molecule has 1 aromatic carbocycles. The Hall–Kier alpha value is -0.650. The summed E-state index contributed by atoms with van der Waals surface area (Å²) in [5, 5.41) is 3.26. The summed E-state index contributed by atoms with van der Waals surface area (Å²) in [6.45, 7) is 3.77. The summed E-state index contributed by atoms with van der Waals surface area (Å²) in [4.78, 5) is 4.27. The predicted molar refractivity (Wildman–Crippen MR) is 79.3 cm³/mol. The first kappa shape index (κ1) is 13.8. The van der Waals surface area contributed by atoms with Crippen molar-refractivity contribution in [1.82, 2.24) is 10.3 Å². The van der Waals surface area contributed by atoms with Crippen LogP contribution < -0.4 is 5.32 Å². The smallest absolute Gasteiger partial charge is 0.208 e. The van der Waals surface area contributed by atoms with Gasteiger partial charge in [0.05, 0.1) is 12.7 Å². The summed E-state index contributed by atoms with van der Waals surface area (Å²) in [5.74, 6) is 1.49. The topological polar surface area (TPSA) is 38.1 Å². The van der Waals surface area contributed by atoms with E-state index in [1.54, 1.807) is 6.20 Å². The van der Waals surface area contributed by atoms with Crippen LogP contribution >= 0.6 is 31.9 Å². The number of benzene rings is 1. The van der Waals surface area contributed by atoms with E-state index >= 15 is 0 Å². The molecule has 0 fully saturated rings. The number of hydrogen-bond acceptors (Lipinski definition) is 3. The number of hydrogen-bond donors (Lipinski definition) is 1. The minimum Gasteiger partial charge on any atom is -0.439 e. The maximum Gasteiger partial charge on any atom is 0.208 e. The molecule has 0 unspecified atom stereocenters. The summed E-state index contributed by atoms with van der Waals surface area (Å²) in [5.41, 5.74) is 0.999. The third-order valence-corrected chi connectivity index (χ3v) is 3.64. The van der Waals surface area contributed by atoms with Crippen LogP contribution in [0.5, 0.6) is 0 Å². The minimum atomic E-state index is 0.666. The van der Waals surface area contributed by atoms with E-state index in [2.05, 4.69) is 49.1 Å². The van der Waals surface area contributed by atoms with Crippen molar-refractivity contribution >= 4 is 31.9 Å². The number of nitrogens with zero attached hydrogens (tertiary/aromatic N) is 1. The molecular formula is C13H14Br2N2O. The van der Waals surface area contributed by atoms with E-state index in [4.69, 9.17) is 4.42 Å². The molecule has 18 heavy (non-hydrogen) atoms. The average Bonchev–Trinajstić information content (AvgIpc) is 2.81. The van der Waals surface area contributed by atoms with Gasteiger partial charge in [0.25, 0.3) is 0 Å². The van der Waals surface area contributed by atoms with Gasteiger partial charge in [-0.2, -0.15) is 0 Å². The van der Waals surface area contributed by atoms with Gasteiger partial charge >= 0.3 is 0 Å². The fraction of sp³-hybridized carbons (Fsp3) is 0.308. The van der Waals surface area contributed by atoms with Gasteiger partial charge in [-0.05, 0) is 31.2 Å². The van der Waals surface area contributed by atoms with Crippen molar-refractivity contribution in [2.75, 3.05) is 6.54 Å². The SMILES string of the molecule is CCCNCc1ncc(-c2cc(Br)ccc2Br)o1. The number of halogens is 2. The van der Waals surface area contributed by atoms with E-state index < -0.39 is 0 Å². The molecule has 0 aliphatic carbocycles. The van der Waals surface area contributed by atoms with Gasteiger partial charge in [-0.15, -0.1) is 0 Å². The quantitative estimate of drug-likeness (QED) is 0.791. The van der Waals surface area contributed by atoms with Crippen molar-refractivity contribution in [1.29, 1.82) is 0 Å². The van der Waals surface area contributed by atoms with Crippen molar-refractivity contribution < 1.29 is 4.42 Å². The minimum absolute atomic E-state index is 0.666. The second kappa shape index (κ2) is 6.50. The van der Waals surface area contributed by atoms with E-state index in [1.807, 2.05) is 18.2 Å². The fourth-order valence-electron chi connectivity index (χ4n) is 1.57.